The van der Waals surface area contributed by atoms with E-state index in [9.17, 15) is 4.79 Å². The molecule has 2 aromatic rings. The third-order valence-corrected chi connectivity index (χ3v) is 3.64. The Bertz CT molecular complexity index is 667. The van der Waals surface area contributed by atoms with Gasteiger partial charge in [0.05, 0.1) is 20.3 Å². The predicted molar refractivity (Wildman–Crippen MR) is 86.6 cm³/mol. The molecule has 0 heterocycles. The summed E-state index contributed by atoms with van der Waals surface area (Å²) in [5, 5.41) is 3.00. The van der Waals surface area contributed by atoms with Gasteiger partial charge in [-0.25, -0.2) is 0 Å². The topological polar surface area (TPSA) is 47.6 Å². The first kappa shape index (κ1) is 15.9. The minimum absolute atomic E-state index is 0.101. The van der Waals surface area contributed by atoms with E-state index in [1.54, 1.807) is 14.2 Å². The number of hydrogen-bond donors (Lipinski definition) is 1. The minimum Gasteiger partial charge on any atom is -0.497 e. The number of hydrogen-bond acceptors (Lipinski definition) is 3. The maximum Gasteiger partial charge on any atom is 0.252 e. The van der Waals surface area contributed by atoms with Crippen LogP contribution in [-0.4, -0.2) is 20.1 Å². The van der Waals surface area contributed by atoms with E-state index in [0.717, 1.165) is 22.6 Å². The normalized spacial score (nSPS) is 11.6. The molecule has 0 aliphatic heterocycles. The lowest BCUT2D eigenvalue weighted by Gasteiger charge is -2.18. The van der Waals surface area contributed by atoms with Gasteiger partial charge in [0.15, 0.2) is 0 Å². The molecule has 22 heavy (non-hydrogen) atoms. The van der Waals surface area contributed by atoms with Crippen LogP contribution in [0.25, 0.3) is 0 Å². The minimum atomic E-state index is -0.197. The van der Waals surface area contributed by atoms with E-state index in [2.05, 4.69) is 5.32 Å². The van der Waals surface area contributed by atoms with Crippen molar-refractivity contribution < 1.29 is 14.3 Å². The Morgan fingerprint density at radius 2 is 1.82 bits per heavy atom. The van der Waals surface area contributed by atoms with E-state index in [-0.39, 0.29) is 11.9 Å². The van der Waals surface area contributed by atoms with E-state index in [1.807, 2.05) is 56.3 Å². The van der Waals surface area contributed by atoms with Gasteiger partial charge in [-0.05, 0) is 43.7 Å². The van der Waals surface area contributed by atoms with Gasteiger partial charge in [0.1, 0.15) is 11.5 Å². The van der Waals surface area contributed by atoms with Gasteiger partial charge in [0, 0.05) is 11.1 Å². The zero-order valence-corrected chi connectivity index (χ0v) is 13.3. The van der Waals surface area contributed by atoms with Crippen molar-refractivity contribution in [1.82, 2.24) is 5.32 Å². The van der Waals surface area contributed by atoms with Gasteiger partial charge in [-0.3, -0.25) is 4.79 Å². The van der Waals surface area contributed by atoms with Crippen LogP contribution in [0.4, 0.5) is 0 Å². The average Bonchev–Trinajstić information content (AvgIpc) is 2.54. The summed E-state index contributed by atoms with van der Waals surface area (Å²) in [6, 6.07) is 12.9. The number of methoxy groups -OCH3 is 2. The number of aryl methyl sites for hydroxylation is 1. The second-order valence-corrected chi connectivity index (χ2v) is 5.12. The first-order chi connectivity index (χ1) is 10.6. The fraction of sp³-hybridized carbons (Fsp3) is 0.278. The molecular formula is C18H21NO3. The molecule has 0 fully saturated rings. The van der Waals surface area contributed by atoms with Crippen molar-refractivity contribution in [3.8, 4) is 11.5 Å². The smallest absolute Gasteiger partial charge is 0.252 e. The summed E-state index contributed by atoms with van der Waals surface area (Å²) in [5.41, 5.74) is 2.50. The van der Waals surface area contributed by atoms with Crippen molar-refractivity contribution in [1.29, 1.82) is 0 Å². The third-order valence-electron chi connectivity index (χ3n) is 3.64. The van der Waals surface area contributed by atoms with Crippen molar-refractivity contribution in [2.45, 2.75) is 19.9 Å². The lowest BCUT2D eigenvalue weighted by Crippen LogP contribution is -2.27. The van der Waals surface area contributed by atoms with Gasteiger partial charge < -0.3 is 14.8 Å². The predicted octanol–water partition coefficient (Wildman–Crippen LogP) is 3.50. The Hall–Kier alpha value is -2.49. The number of benzene rings is 2. The molecule has 4 nitrogen and oxygen atoms in total. The highest BCUT2D eigenvalue weighted by molar-refractivity contribution is 5.95. The summed E-state index contributed by atoms with van der Waals surface area (Å²) in [6.45, 7) is 3.85. The van der Waals surface area contributed by atoms with Crippen molar-refractivity contribution in [2.75, 3.05) is 14.2 Å². The number of nitrogens with one attached hydrogen (secondary N) is 1. The van der Waals surface area contributed by atoms with Crippen LogP contribution in [0.1, 0.15) is 34.5 Å². The highest BCUT2D eigenvalue weighted by atomic mass is 16.5. The van der Waals surface area contributed by atoms with E-state index in [4.69, 9.17) is 9.47 Å². The SMILES string of the molecule is COc1ccc(OC)c([C@@H](C)NC(=O)c2ccccc2C)c1. The first-order valence-corrected chi connectivity index (χ1v) is 7.15. The third kappa shape index (κ3) is 3.39. The number of ether oxygens (including phenoxy) is 2. The van der Waals surface area contributed by atoms with E-state index >= 15 is 0 Å². The van der Waals surface area contributed by atoms with Crippen molar-refractivity contribution in [2.24, 2.45) is 0 Å². The van der Waals surface area contributed by atoms with Gasteiger partial charge in [0.25, 0.3) is 5.91 Å². The molecule has 0 unspecified atom stereocenters. The molecule has 0 spiro atoms. The van der Waals surface area contributed by atoms with Crippen LogP contribution in [0, 0.1) is 6.92 Å². The lowest BCUT2D eigenvalue weighted by atomic mass is 10.0. The van der Waals surface area contributed by atoms with E-state index < -0.39 is 0 Å². The summed E-state index contributed by atoms with van der Waals surface area (Å²) < 4.78 is 10.6. The average molecular weight is 299 g/mol. The molecule has 0 bridgehead atoms. The maximum absolute atomic E-state index is 12.4. The summed E-state index contributed by atoms with van der Waals surface area (Å²) >= 11 is 0. The van der Waals surface area contributed by atoms with Crippen molar-refractivity contribution in [3.63, 3.8) is 0 Å². The molecule has 1 N–H and O–H groups in total. The van der Waals surface area contributed by atoms with Crippen LogP contribution in [0.3, 0.4) is 0 Å². The van der Waals surface area contributed by atoms with Gasteiger partial charge in [-0.2, -0.15) is 0 Å². The molecular weight excluding hydrogens is 278 g/mol. The van der Waals surface area contributed by atoms with E-state index in [1.165, 1.54) is 0 Å². The zero-order chi connectivity index (χ0) is 16.1. The highest BCUT2D eigenvalue weighted by Gasteiger charge is 2.17. The van der Waals surface area contributed by atoms with Gasteiger partial charge in [-0.1, -0.05) is 18.2 Å². The molecule has 0 aliphatic carbocycles. The highest BCUT2D eigenvalue weighted by Crippen LogP contribution is 2.29. The molecule has 116 valence electrons. The van der Waals surface area contributed by atoms with Crippen LogP contribution >= 0.6 is 0 Å². The molecule has 1 atom stereocenters. The fourth-order valence-corrected chi connectivity index (χ4v) is 2.36. The summed E-state index contributed by atoms with van der Waals surface area (Å²) in [7, 11) is 3.23. The molecule has 0 aliphatic rings. The van der Waals surface area contributed by atoms with Gasteiger partial charge >= 0.3 is 0 Å². The fourth-order valence-electron chi connectivity index (χ4n) is 2.36. The molecule has 1 amide bonds. The molecule has 4 heteroatoms. The maximum atomic E-state index is 12.4. The molecule has 0 saturated heterocycles. The molecule has 2 rings (SSSR count). The quantitative estimate of drug-likeness (QED) is 0.919. The van der Waals surface area contributed by atoms with Crippen LogP contribution in [0.15, 0.2) is 42.5 Å². The van der Waals surface area contributed by atoms with Crippen LogP contribution in [-0.2, 0) is 0 Å². The van der Waals surface area contributed by atoms with Crippen molar-refractivity contribution >= 4 is 5.91 Å². The second kappa shape index (κ2) is 6.98. The monoisotopic (exact) mass is 299 g/mol. The Balaban J connectivity index is 2.23. The second-order valence-electron chi connectivity index (χ2n) is 5.12. The Kier molecular flexibility index (Phi) is 5.04. The Labute approximate surface area is 131 Å². The number of carbonyl (C=O) groups excluding carboxylic acids is 1. The number of amides is 1. The molecule has 0 saturated carbocycles. The first-order valence-electron chi connectivity index (χ1n) is 7.15. The molecule has 0 radical (unpaired) electrons. The van der Waals surface area contributed by atoms with E-state index in [0.29, 0.717) is 5.56 Å². The summed E-state index contributed by atoms with van der Waals surface area (Å²) in [6.07, 6.45) is 0. The largest absolute Gasteiger partial charge is 0.497 e. The van der Waals surface area contributed by atoms with Crippen molar-refractivity contribution in [3.05, 3.63) is 59.2 Å². The van der Waals surface area contributed by atoms with Crippen LogP contribution in [0.5, 0.6) is 11.5 Å². The Morgan fingerprint density at radius 3 is 2.45 bits per heavy atom. The summed E-state index contributed by atoms with van der Waals surface area (Å²) in [5.74, 6) is 1.35. The van der Waals surface area contributed by atoms with Crippen LogP contribution < -0.4 is 14.8 Å². The van der Waals surface area contributed by atoms with Crippen LogP contribution in [0.2, 0.25) is 0 Å². The standard InChI is InChI=1S/C18H21NO3/c1-12-7-5-6-8-15(12)18(20)19-13(2)16-11-14(21-3)9-10-17(16)22-4/h5-11,13H,1-4H3,(H,19,20)/t13-/m1/s1. The zero-order valence-electron chi connectivity index (χ0n) is 13.3. The number of carbonyl (C=O) groups is 1. The molecule has 0 aromatic heterocycles. The number of rotatable bonds is 5. The Morgan fingerprint density at radius 1 is 1.09 bits per heavy atom. The van der Waals surface area contributed by atoms with Gasteiger partial charge in [0.2, 0.25) is 0 Å². The summed E-state index contributed by atoms with van der Waals surface area (Å²) in [4.78, 5) is 12.4. The molecule has 2 aromatic carbocycles. The van der Waals surface area contributed by atoms with Gasteiger partial charge in [-0.15, -0.1) is 0 Å². The lowest BCUT2D eigenvalue weighted by molar-refractivity contribution is 0.0939.